The SMILES string of the molecule is CC(C)[C@@H](N)C(=O)N1CCCC1c1cccs1. The van der Waals surface area contributed by atoms with E-state index in [0.717, 1.165) is 19.4 Å². The Morgan fingerprint density at radius 2 is 2.35 bits per heavy atom. The van der Waals surface area contributed by atoms with Crippen molar-refractivity contribution >= 4 is 17.2 Å². The van der Waals surface area contributed by atoms with Crippen LogP contribution in [0.5, 0.6) is 0 Å². The molecular formula is C13H20N2OS. The minimum Gasteiger partial charge on any atom is -0.333 e. The highest BCUT2D eigenvalue weighted by Crippen LogP contribution is 2.34. The summed E-state index contributed by atoms with van der Waals surface area (Å²) >= 11 is 1.73. The smallest absolute Gasteiger partial charge is 0.240 e. The van der Waals surface area contributed by atoms with Crippen LogP contribution in [0.15, 0.2) is 17.5 Å². The molecule has 0 radical (unpaired) electrons. The van der Waals surface area contributed by atoms with Crippen LogP contribution >= 0.6 is 11.3 Å². The molecule has 3 nitrogen and oxygen atoms in total. The third kappa shape index (κ3) is 2.53. The molecule has 1 aromatic rings. The lowest BCUT2D eigenvalue weighted by molar-refractivity contribution is -0.134. The molecular weight excluding hydrogens is 232 g/mol. The standard InChI is InChI=1S/C13H20N2OS/c1-9(2)12(14)13(16)15-7-3-5-10(15)11-6-4-8-17-11/h4,6,8-10,12H,3,5,7,14H2,1-2H3/t10?,12-/m1/s1. The van der Waals surface area contributed by atoms with E-state index in [9.17, 15) is 4.79 Å². The maximum Gasteiger partial charge on any atom is 0.240 e. The van der Waals surface area contributed by atoms with E-state index in [-0.39, 0.29) is 23.9 Å². The van der Waals surface area contributed by atoms with Crippen molar-refractivity contribution in [2.75, 3.05) is 6.54 Å². The van der Waals surface area contributed by atoms with Gasteiger partial charge < -0.3 is 10.6 Å². The number of nitrogens with zero attached hydrogens (tertiary/aromatic N) is 1. The molecule has 0 bridgehead atoms. The fourth-order valence-electron chi connectivity index (χ4n) is 2.28. The average Bonchev–Trinajstić information content (AvgIpc) is 2.96. The van der Waals surface area contributed by atoms with Crippen LogP contribution in [-0.2, 0) is 4.79 Å². The Kier molecular flexibility index (Phi) is 3.84. The molecule has 94 valence electrons. The van der Waals surface area contributed by atoms with Crippen molar-refractivity contribution in [3.63, 3.8) is 0 Å². The minimum atomic E-state index is -0.365. The number of rotatable bonds is 3. The summed E-state index contributed by atoms with van der Waals surface area (Å²) in [7, 11) is 0. The van der Waals surface area contributed by atoms with Gasteiger partial charge in [0.2, 0.25) is 5.91 Å². The van der Waals surface area contributed by atoms with Crippen molar-refractivity contribution < 1.29 is 4.79 Å². The molecule has 1 fully saturated rings. The Morgan fingerprint density at radius 1 is 1.59 bits per heavy atom. The highest BCUT2D eigenvalue weighted by molar-refractivity contribution is 7.10. The number of nitrogens with two attached hydrogens (primary N) is 1. The maximum atomic E-state index is 12.3. The average molecular weight is 252 g/mol. The molecule has 0 spiro atoms. The van der Waals surface area contributed by atoms with Crippen LogP contribution in [0.25, 0.3) is 0 Å². The quantitative estimate of drug-likeness (QED) is 0.898. The maximum absolute atomic E-state index is 12.3. The predicted molar refractivity (Wildman–Crippen MR) is 70.8 cm³/mol. The molecule has 2 rings (SSSR count). The molecule has 17 heavy (non-hydrogen) atoms. The summed E-state index contributed by atoms with van der Waals surface area (Å²) in [5, 5.41) is 2.07. The third-order valence-corrected chi connectivity index (χ3v) is 4.38. The van der Waals surface area contributed by atoms with Crippen LogP contribution in [0.3, 0.4) is 0 Å². The zero-order valence-corrected chi connectivity index (χ0v) is 11.2. The molecule has 2 N–H and O–H groups in total. The third-order valence-electron chi connectivity index (χ3n) is 3.41. The van der Waals surface area contributed by atoms with Gasteiger partial charge in [-0.3, -0.25) is 4.79 Å². The summed E-state index contributed by atoms with van der Waals surface area (Å²) in [4.78, 5) is 15.6. The zero-order chi connectivity index (χ0) is 12.4. The monoisotopic (exact) mass is 252 g/mol. The van der Waals surface area contributed by atoms with E-state index in [1.165, 1.54) is 4.88 Å². The molecule has 2 heterocycles. The normalized spacial score (nSPS) is 22.1. The van der Waals surface area contributed by atoms with Crippen molar-refractivity contribution in [1.29, 1.82) is 0 Å². The Morgan fingerprint density at radius 3 is 2.94 bits per heavy atom. The molecule has 0 saturated carbocycles. The predicted octanol–water partition coefficient (Wildman–Crippen LogP) is 2.39. The molecule has 4 heteroatoms. The van der Waals surface area contributed by atoms with Crippen LogP contribution in [0.2, 0.25) is 0 Å². The lowest BCUT2D eigenvalue weighted by Gasteiger charge is -2.28. The van der Waals surface area contributed by atoms with E-state index in [1.807, 2.05) is 24.8 Å². The number of carbonyl (C=O) groups is 1. The van der Waals surface area contributed by atoms with E-state index in [2.05, 4.69) is 11.4 Å². The van der Waals surface area contributed by atoms with E-state index in [1.54, 1.807) is 11.3 Å². The Hall–Kier alpha value is -0.870. The van der Waals surface area contributed by atoms with Crippen molar-refractivity contribution in [3.8, 4) is 0 Å². The summed E-state index contributed by atoms with van der Waals surface area (Å²) in [6.45, 7) is 4.85. The largest absolute Gasteiger partial charge is 0.333 e. The van der Waals surface area contributed by atoms with Crippen molar-refractivity contribution in [1.82, 2.24) is 4.90 Å². The second-order valence-electron chi connectivity index (χ2n) is 4.97. The lowest BCUT2D eigenvalue weighted by Crippen LogP contribution is -2.46. The van der Waals surface area contributed by atoms with Crippen LogP contribution in [-0.4, -0.2) is 23.4 Å². The molecule has 1 aliphatic heterocycles. The summed E-state index contributed by atoms with van der Waals surface area (Å²) in [5.41, 5.74) is 5.97. The fraction of sp³-hybridized carbons (Fsp3) is 0.615. The number of likely N-dealkylation sites (tertiary alicyclic amines) is 1. The Labute approximate surface area is 107 Å². The van der Waals surface area contributed by atoms with Gasteiger partial charge in [-0.2, -0.15) is 0 Å². The van der Waals surface area contributed by atoms with Gasteiger partial charge in [0.15, 0.2) is 0 Å². The van der Waals surface area contributed by atoms with Gasteiger partial charge >= 0.3 is 0 Å². The summed E-state index contributed by atoms with van der Waals surface area (Å²) in [5.74, 6) is 0.308. The molecule has 1 aromatic heterocycles. The van der Waals surface area contributed by atoms with E-state index >= 15 is 0 Å². The molecule has 1 aliphatic rings. The van der Waals surface area contributed by atoms with Gasteiger partial charge in [0.1, 0.15) is 0 Å². The van der Waals surface area contributed by atoms with Crippen LogP contribution in [0, 0.1) is 5.92 Å². The molecule has 1 amide bonds. The number of thiophene rings is 1. The number of hydrogen-bond donors (Lipinski definition) is 1. The van der Waals surface area contributed by atoms with Gasteiger partial charge in [0, 0.05) is 11.4 Å². The molecule has 1 saturated heterocycles. The van der Waals surface area contributed by atoms with Gasteiger partial charge in [0.25, 0.3) is 0 Å². The van der Waals surface area contributed by atoms with Crippen LogP contribution in [0.1, 0.15) is 37.6 Å². The highest BCUT2D eigenvalue weighted by atomic mass is 32.1. The summed E-state index contributed by atoms with van der Waals surface area (Å²) < 4.78 is 0. The first kappa shape index (κ1) is 12.6. The first-order valence-corrected chi connectivity index (χ1v) is 7.08. The lowest BCUT2D eigenvalue weighted by atomic mass is 10.0. The van der Waals surface area contributed by atoms with Crippen molar-refractivity contribution in [2.45, 2.75) is 38.8 Å². The van der Waals surface area contributed by atoms with Gasteiger partial charge in [0.05, 0.1) is 12.1 Å². The zero-order valence-electron chi connectivity index (χ0n) is 10.4. The van der Waals surface area contributed by atoms with E-state index < -0.39 is 0 Å². The van der Waals surface area contributed by atoms with Crippen molar-refractivity contribution in [2.24, 2.45) is 11.7 Å². The summed E-state index contributed by atoms with van der Waals surface area (Å²) in [6.07, 6.45) is 2.15. The van der Waals surface area contributed by atoms with Crippen LogP contribution < -0.4 is 5.73 Å². The molecule has 0 aromatic carbocycles. The highest BCUT2D eigenvalue weighted by Gasteiger charge is 2.33. The van der Waals surface area contributed by atoms with Crippen LogP contribution in [0.4, 0.5) is 0 Å². The first-order chi connectivity index (χ1) is 8.11. The Bertz CT molecular complexity index is 375. The van der Waals surface area contributed by atoms with Gasteiger partial charge in [-0.25, -0.2) is 0 Å². The minimum absolute atomic E-state index is 0.107. The molecule has 2 atom stereocenters. The van der Waals surface area contributed by atoms with Gasteiger partial charge in [-0.05, 0) is 30.2 Å². The number of hydrogen-bond acceptors (Lipinski definition) is 3. The van der Waals surface area contributed by atoms with E-state index in [4.69, 9.17) is 5.73 Å². The van der Waals surface area contributed by atoms with E-state index in [0.29, 0.717) is 0 Å². The van der Waals surface area contributed by atoms with Crippen molar-refractivity contribution in [3.05, 3.63) is 22.4 Å². The summed E-state index contributed by atoms with van der Waals surface area (Å²) in [6, 6.07) is 4.05. The Balaban J connectivity index is 2.12. The second kappa shape index (κ2) is 5.19. The van der Waals surface area contributed by atoms with Gasteiger partial charge in [-0.1, -0.05) is 19.9 Å². The first-order valence-electron chi connectivity index (χ1n) is 6.20. The fourth-order valence-corrected chi connectivity index (χ4v) is 3.16. The number of amides is 1. The molecule has 1 unspecified atom stereocenters. The second-order valence-corrected chi connectivity index (χ2v) is 5.95. The molecule has 0 aliphatic carbocycles. The topological polar surface area (TPSA) is 46.3 Å². The number of carbonyl (C=O) groups excluding carboxylic acids is 1. The van der Waals surface area contributed by atoms with Gasteiger partial charge in [-0.15, -0.1) is 11.3 Å².